The summed E-state index contributed by atoms with van der Waals surface area (Å²) < 4.78 is 19.7. The van der Waals surface area contributed by atoms with Crippen molar-refractivity contribution in [3.8, 4) is 0 Å². The number of carbonyl (C=O) groups excluding carboxylic acids is 3. The largest absolute Gasteiger partial charge is 0.459 e. The maximum atomic E-state index is 14.7. The molecule has 1 atom stereocenters. The first-order valence-corrected chi connectivity index (χ1v) is 10.3. The molecule has 0 radical (unpaired) electrons. The number of amides is 3. The van der Waals surface area contributed by atoms with Gasteiger partial charge in [-0.15, -0.1) is 6.58 Å². The summed E-state index contributed by atoms with van der Waals surface area (Å²) in [5, 5.41) is 5.42. The monoisotopic (exact) mass is 427 g/mol. The van der Waals surface area contributed by atoms with Crippen molar-refractivity contribution in [3.05, 3.63) is 72.5 Å². The number of rotatable bonds is 9. The van der Waals surface area contributed by atoms with E-state index in [9.17, 15) is 18.8 Å². The van der Waals surface area contributed by atoms with E-state index in [-0.39, 0.29) is 30.5 Å². The van der Waals surface area contributed by atoms with Gasteiger partial charge >= 0.3 is 0 Å². The number of benzene rings is 1. The van der Waals surface area contributed by atoms with Crippen LogP contribution in [-0.4, -0.2) is 41.8 Å². The second-order valence-electron chi connectivity index (χ2n) is 7.41. The summed E-state index contributed by atoms with van der Waals surface area (Å²) in [7, 11) is 0. The maximum absolute atomic E-state index is 14.7. The Morgan fingerprint density at radius 2 is 1.94 bits per heavy atom. The van der Waals surface area contributed by atoms with Gasteiger partial charge in [0.1, 0.15) is 11.9 Å². The number of nitrogens with one attached hydrogen (secondary N) is 2. The van der Waals surface area contributed by atoms with Crippen molar-refractivity contribution in [1.82, 2.24) is 15.5 Å². The van der Waals surface area contributed by atoms with Gasteiger partial charge in [0.25, 0.3) is 5.91 Å². The third-order valence-corrected chi connectivity index (χ3v) is 5.25. The summed E-state index contributed by atoms with van der Waals surface area (Å²) in [4.78, 5) is 39.5. The van der Waals surface area contributed by atoms with Crippen LogP contribution in [0, 0.1) is 5.82 Å². The SMILES string of the molecule is C=CCN(C(=O)CNC(=O)c1ccco1)[C@@H](C(=O)NC1CCCC1)c1ccccc1F. The van der Waals surface area contributed by atoms with Gasteiger partial charge in [0.2, 0.25) is 11.8 Å². The molecular formula is C23H26FN3O4. The van der Waals surface area contributed by atoms with Gasteiger partial charge in [-0.2, -0.15) is 0 Å². The van der Waals surface area contributed by atoms with Crippen LogP contribution in [0.1, 0.15) is 47.8 Å². The Balaban J connectivity index is 1.82. The number of hydrogen-bond acceptors (Lipinski definition) is 4. The topological polar surface area (TPSA) is 91.7 Å². The predicted molar refractivity (Wildman–Crippen MR) is 112 cm³/mol. The summed E-state index contributed by atoms with van der Waals surface area (Å²) in [6.45, 7) is 3.28. The second-order valence-corrected chi connectivity index (χ2v) is 7.41. The molecular weight excluding hydrogens is 401 g/mol. The fraction of sp³-hybridized carbons (Fsp3) is 0.348. The molecule has 1 fully saturated rings. The normalized spacial score (nSPS) is 14.6. The van der Waals surface area contributed by atoms with Crippen LogP contribution in [0.25, 0.3) is 0 Å². The van der Waals surface area contributed by atoms with Gasteiger partial charge in [-0.1, -0.05) is 37.1 Å². The van der Waals surface area contributed by atoms with Gasteiger partial charge in [-0.05, 0) is 31.0 Å². The van der Waals surface area contributed by atoms with Crippen LogP contribution in [-0.2, 0) is 9.59 Å². The fourth-order valence-corrected chi connectivity index (χ4v) is 3.74. The van der Waals surface area contributed by atoms with Crippen molar-refractivity contribution in [2.75, 3.05) is 13.1 Å². The van der Waals surface area contributed by atoms with E-state index in [1.54, 1.807) is 12.1 Å². The van der Waals surface area contributed by atoms with Gasteiger partial charge in [0, 0.05) is 18.2 Å². The lowest BCUT2D eigenvalue weighted by Crippen LogP contribution is -2.49. The molecule has 1 aromatic carbocycles. The minimum Gasteiger partial charge on any atom is -0.459 e. The zero-order valence-electron chi connectivity index (χ0n) is 17.2. The molecule has 1 saturated carbocycles. The van der Waals surface area contributed by atoms with Crippen LogP contribution in [0.3, 0.4) is 0 Å². The van der Waals surface area contributed by atoms with Gasteiger partial charge < -0.3 is 20.0 Å². The van der Waals surface area contributed by atoms with Crippen LogP contribution in [0.4, 0.5) is 4.39 Å². The highest BCUT2D eigenvalue weighted by atomic mass is 19.1. The number of hydrogen-bond donors (Lipinski definition) is 2. The first-order valence-electron chi connectivity index (χ1n) is 10.3. The van der Waals surface area contributed by atoms with Crippen LogP contribution in [0.2, 0.25) is 0 Å². The van der Waals surface area contributed by atoms with Crippen LogP contribution < -0.4 is 10.6 Å². The zero-order valence-corrected chi connectivity index (χ0v) is 17.2. The molecule has 1 aliphatic carbocycles. The lowest BCUT2D eigenvalue weighted by Gasteiger charge is -2.31. The Hall–Kier alpha value is -3.42. The van der Waals surface area contributed by atoms with E-state index in [0.29, 0.717) is 0 Å². The molecule has 3 rings (SSSR count). The summed E-state index contributed by atoms with van der Waals surface area (Å²) in [6.07, 6.45) is 6.55. The van der Waals surface area contributed by atoms with Crippen molar-refractivity contribution in [2.24, 2.45) is 0 Å². The van der Waals surface area contributed by atoms with Crippen molar-refractivity contribution in [2.45, 2.75) is 37.8 Å². The minimum atomic E-state index is -1.19. The molecule has 3 amide bonds. The van der Waals surface area contributed by atoms with Crippen molar-refractivity contribution in [3.63, 3.8) is 0 Å². The highest BCUT2D eigenvalue weighted by Gasteiger charge is 2.34. The average Bonchev–Trinajstić information content (AvgIpc) is 3.47. The average molecular weight is 427 g/mol. The zero-order chi connectivity index (χ0) is 22.2. The Morgan fingerprint density at radius 1 is 1.19 bits per heavy atom. The quantitative estimate of drug-likeness (QED) is 0.602. The van der Waals surface area contributed by atoms with E-state index in [2.05, 4.69) is 17.2 Å². The fourth-order valence-electron chi connectivity index (χ4n) is 3.74. The van der Waals surface area contributed by atoms with E-state index >= 15 is 0 Å². The maximum Gasteiger partial charge on any atom is 0.287 e. The first-order chi connectivity index (χ1) is 15.0. The molecule has 8 heteroatoms. The standard InChI is InChI=1S/C23H26FN3O4/c1-2-13-27(20(28)15-25-22(29)19-12-7-14-31-19)21(17-10-5-6-11-18(17)24)23(30)26-16-8-3-4-9-16/h2,5-7,10-12,14,16,21H,1,3-4,8-9,13,15H2,(H,25,29)(H,26,30)/t21-/m1/s1. The van der Waals surface area contributed by atoms with Crippen molar-refractivity contribution >= 4 is 17.7 Å². The molecule has 0 bridgehead atoms. The molecule has 2 N–H and O–H groups in total. The van der Waals surface area contributed by atoms with E-state index in [1.807, 2.05) is 0 Å². The summed E-state index contributed by atoms with van der Waals surface area (Å²) in [6, 6.07) is 7.71. The molecule has 0 saturated heterocycles. The van der Waals surface area contributed by atoms with Gasteiger partial charge in [0.05, 0.1) is 12.8 Å². The van der Waals surface area contributed by atoms with E-state index in [1.165, 1.54) is 41.5 Å². The molecule has 2 aromatic rings. The molecule has 1 aromatic heterocycles. The molecule has 1 aliphatic rings. The van der Waals surface area contributed by atoms with Crippen LogP contribution in [0.15, 0.2) is 59.7 Å². The van der Waals surface area contributed by atoms with Gasteiger partial charge in [-0.3, -0.25) is 14.4 Å². The van der Waals surface area contributed by atoms with Crippen LogP contribution >= 0.6 is 0 Å². The Kier molecular flexibility index (Phi) is 7.59. The third kappa shape index (κ3) is 5.59. The summed E-state index contributed by atoms with van der Waals surface area (Å²) in [5.74, 6) is -2.09. The Labute approximate surface area is 180 Å². The lowest BCUT2D eigenvalue weighted by atomic mass is 10.0. The summed E-state index contributed by atoms with van der Waals surface area (Å²) >= 11 is 0. The third-order valence-electron chi connectivity index (χ3n) is 5.25. The van der Waals surface area contributed by atoms with E-state index < -0.39 is 29.6 Å². The molecule has 0 unspecified atom stereocenters. The Morgan fingerprint density at radius 3 is 2.58 bits per heavy atom. The number of nitrogens with zero attached hydrogens (tertiary/aromatic N) is 1. The molecule has 0 aliphatic heterocycles. The highest BCUT2D eigenvalue weighted by molar-refractivity contribution is 5.95. The minimum absolute atomic E-state index is 0.00103. The lowest BCUT2D eigenvalue weighted by molar-refractivity contribution is -0.139. The predicted octanol–water partition coefficient (Wildman–Crippen LogP) is 2.96. The smallest absolute Gasteiger partial charge is 0.287 e. The number of carbonyl (C=O) groups is 3. The molecule has 7 nitrogen and oxygen atoms in total. The highest BCUT2D eigenvalue weighted by Crippen LogP contribution is 2.26. The van der Waals surface area contributed by atoms with E-state index in [0.717, 1.165) is 25.7 Å². The number of furan rings is 1. The van der Waals surface area contributed by atoms with Gasteiger partial charge in [-0.25, -0.2) is 4.39 Å². The van der Waals surface area contributed by atoms with Crippen molar-refractivity contribution < 1.29 is 23.2 Å². The van der Waals surface area contributed by atoms with Gasteiger partial charge in [0.15, 0.2) is 5.76 Å². The number of halogens is 1. The van der Waals surface area contributed by atoms with E-state index in [4.69, 9.17) is 4.42 Å². The molecule has 31 heavy (non-hydrogen) atoms. The summed E-state index contributed by atoms with van der Waals surface area (Å²) in [5.41, 5.74) is 0.0885. The van der Waals surface area contributed by atoms with Crippen molar-refractivity contribution in [1.29, 1.82) is 0 Å². The molecule has 0 spiro atoms. The Bertz CT molecular complexity index is 923. The second kappa shape index (κ2) is 10.6. The van der Waals surface area contributed by atoms with Crippen LogP contribution in [0.5, 0.6) is 0 Å². The molecule has 1 heterocycles. The molecule has 164 valence electrons. The first kappa shape index (κ1) is 22.3.